The van der Waals surface area contributed by atoms with Crippen molar-refractivity contribution in [2.24, 2.45) is 11.3 Å². The van der Waals surface area contributed by atoms with Gasteiger partial charge in [0.25, 0.3) is 0 Å². The number of amides is 1. The van der Waals surface area contributed by atoms with Gasteiger partial charge >= 0.3 is 0 Å². The number of carbonyl (C=O) groups excluding carboxylic acids is 1. The molecule has 1 saturated heterocycles. The Morgan fingerprint density at radius 2 is 1.95 bits per heavy atom. The predicted molar refractivity (Wildman–Crippen MR) is 80.5 cm³/mol. The molecular weight excluding hydrogens is 254 g/mol. The molecule has 4 nitrogen and oxygen atoms in total. The van der Waals surface area contributed by atoms with Crippen molar-refractivity contribution >= 4 is 5.91 Å². The van der Waals surface area contributed by atoms with E-state index in [0.717, 1.165) is 32.4 Å². The van der Waals surface area contributed by atoms with E-state index in [1.807, 2.05) is 4.90 Å². The number of likely N-dealkylation sites (tertiary alicyclic amines) is 1. The van der Waals surface area contributed by atoms with Crippen LogP contribution < -0.4 is 0 Å². The minimum absolute atomic E-state index is 0.181. The monoisotopic (exact) mass is 285 g/mol. The van der Waals surface area contributed by atoms with Gasteiger partial charge in [-0.1, -0.05) is 27.7 Å². The quantitative estimate of drug-likeness (QED) is 0.731. The summed E-state index contributed by atoms with van der Waals surface area (Å²) in [6.07, 6.45) is 3.70. The average Bonchev–Trinajstić information content (AvgIpc) is 2.37. The Morgan fingerprint density at radius 3 is 2.45 bits per heavy atom. The van der Waals surface area contributed by atoms with Crippen LogP contribution in [-0.2, 0) is 9.53 Å². The summed E-state index contributed by atoms with van der Waals surface area (Å²) in [4.78, 5) is 14.6. The van der Waals surface area contributed by atoms with Gasteiger partial charge in [0.15, 0.2) is 0 Å². The number of rotatable bonds is 7. The summed E-state index contributed by atoms with van der Waals surface area (Å²) in [6, 6.07) is 0. The van der Waals surface area contributed by atoms with Crippen molar-refractivity contribution in [3.63, 3.8) is 0 Å². The van der Waals surface area contributed by atoms with Gasteiger partial charge in [0, 0.05) is 31.7 Å². The van der Waals surface area contributed by atoms with E-state index in [9.17, 15) is 4.79 Å². The van der Waals surface area contributed by atoms with Crippen LogP contribution in [0.4, 0.5) is 0 Å². The summed E-state index contributed by atoms with van der Waals surface area (Å²) < 4.78 is 5.70. The van der Waals surface area contributed by atoms with E-state index in [4.69, 9.17) is 9.84 Å². The Morgan fingerprint density at radius 1 is 1.35 bits per heavy atom. The molecule has 118 valence electrons. The molecule has 0 bridgehead atoms. The third-order valence-electron chi connectivity index (χ3n) is 3.88. The topological polar surface area (TPSA) is 49.8 Å². The van der Waals surface area contributed by atoms with Crippen LogP contribution in [0.1, 0.15) is 53.4 Å². The smallest absolute Gasteiger partial charge is 0.228 e. The van der Waals surface area contributed by atoms with E-state index in [2.05, 4.69) is 27.7 Å². The molecule has 0 saturated carbocycles. The number of hydrogen-bond donors (Lipinski definition) is 1. The lowest BCUT2D eigenvalue weighted by atomic mass is 9.82. The first-order valence-corrected chi connectivity index (χ1v) is 7.88. The van der Waals surface area contributed by atoms with Crippen LogP contribution in [0, 0.1) is 11.3 Å². The van der Waals surface area contributed by atoms with Gasteiger partial charge in [-0.05, 0) is 31.6 Å². The zero-order valence-corrected chi connectivity index (χ0v) is 13.5. The van der Waals surface area contributed by atoms with Gasteiger partial charge in [0.05, 0.1) is 6.10 Å². The van der Waals surface area contributed by atoms with Gasteiger partial charge in [-0.2, -0.15) is 0 Å². The zero-order chi connectivity index (χ0) is 15.2. The van der Waals surface area contributed by atoms with Crippen LogP contribution >= 0.6 is 0 Å². The molecule has 20 heavy (non-hydrogen) atoms. The fourth-order valence-electron chi connectivity index (χ4n) is 3.08. The molecule has 0 unspecified atom stereocenters. The van der Waals surface area contributed by atoms with Crippen LogP contribution in [0.25, 0.3) is 0 Å². The van der Waals surface area contributed by atoms with E-state index in [1.54, 1.807) is 0 Å². The molecule has 0 spiro atoms. The summed E-state index contributed by atoms with van der Waals surface area (Å²) in [7, 11) is 0. The summed E-state index contributed by atoms with van der Waals surface area (Å²) in [5.41, 5.74) is -0.265. The van der Waals surface area contributed by atoms with Gasteiger partial charge in [0.2, 0.25) is 5.91 Å². The maximum absolute atomic E-state index is 12.6. The van der Waals surface area contributed by atoms with Gasteiger partial charge in [0.1, 0.15) is 0 Å². The molecule has 1 rings (SSSR count). The Balaban J connectivity index is 2.38. The first-order valence-electron chi connectivity index (χ1n) is 7.88. The van der Waals surface area contributed by atoms with E-state index < -0.39 is 0 Å². The van der Waals surface area contributed by atoms with Gasteiger partial charge in [-0.15, -0.1) is 0 Å². The predicted octanol–water partition coefficient (Wildman–Crippen LogP) is 2.45. The molecule has 1 heterocycles. The van der Waals surface area contributed by atoms with Crippen molar-refractivity contribution in [1.29, 1.82) is 0 Å². The Labute approximate surface area is 123 Å². The number of aliphatic hydroxyl groups excluding tert-OH is 1. The van der Waals surface area contributed by atoms with Crippen LogP contribution in [-0.4, -0.2) is 48.3 Å². The molecule has 0 aromatic heterocycles. The lowest BCUT2D eigenvalue weighted by molar-refractivity contribution is -0.144. The van der Waals surface area contributed by atoms with Crippen LogP contribution in [0.2, 0.25) is 0 Å². The highest BCUT2D eigenvalue weighted by atomic mass is 16.5. The minimum atomic E-state index is -0.265. The van der Waals surface area contributed by atoms with Crippen molar-refractivity contribution < 1.29 is 14.6 Å². The van der Waals surface area contributed by atoms with Crippen molar-refractivity contribution in [3.8, 4) is 0 Å². The summed E-state index contributed by atoms with van der Waals surface area (Å²) in [5, 5.41) is 8.74. The first kappa shape index (κ1) is 17.4. The molecule has 0 aliphatic carbocycles. The van der Waals surface area contributed by atoms with Crippen LogP contribution in [0.15, 0.2) is 0 Å². The van der Waals surface area contributed by atoms with E-state index in [1.165, 1.54) is 0 Å². The molecule has 1 fully saturated rings. The van der Waals surface area contributed by atoms with Crippen molar-refractivity contribution in [3.05, 3.63) is 0 Å². The molecule has 0 atom stereocenters. The second-order valence-corrected chi connectivity index (χ2v) is 6.92. The largest absolute Gasteiger partial charge is 0.396 e. The highest BCUT2D eigenvalue weighted by Gasteiger charge is 2.34. The standard InChI is InChI=1S/C16H31NO3/c1-13(2)12-16(3,4)15(19)17-8-6-14(7-9-17)20-11-5-10-18/h13-14,18H,5-12H2,1-4H3. The second kappa shape index (κ2) is 7.99. The SMILES string of the molecule is CC(C)CC(C)(C)C(=O)N1CCC(OCCCO)CC1. The maximum Gasteiger partial charge on any atom is 0.228 e. The third-order valence-corrected chi connectivity index (χ3v) is 3.88. The molecule has 1 amide bonds. The normalized spacial score (nSPS) is 17.8. The van der Waals surface area contributed by atoms with E-state index in [-0.39, 0.29) is 24.0 Å². The minimum Gasteiger partial charge on any atom is -0.396 e. The maximum atomic E-state index is 12.6. The average molecular weight is 285 g/mol. The van der Waals surface area contributed by atoms with Gasteiger partial charge in [-0.25, -0.2) is 0 Å². The van der Waals surface area contributed by atoms with E-state index >= 15 is 0 Å². The molecule has 1 N–H and O–H groups in total. The fraction of sp³-hybridized carbons (Fsp3) is 0.938. The number of hydrogen-bond acceptors (Lipinski definition) is 3. The Kier molecular flexibility index (Phi) is 6.96. The number of carbonyl (C=O) groups is 1. The van der Waals surface area contributed by atoms with E-state index in [0.29, 0.717) is 18.9 Å². The number of piperidine rings is 1. The van der Waals surface area contributed by atoms with Crippen molar-refractivity contribution in [2.75, 3.05) is 26.3 Å². The van der Waals surface area contributed by atoms with Crippen molar-refractivity contribution in [1.82, 2.24) is 4.90 Å². The molecule has 0 radical (unpaired) electrons. The number of nitrogens with zero attached hydrogens (tertiary/aromatic N) is 1. The molecular formula is C16H31NO3. The van der Waals surface area contributed by atoms with Gasteiger partial charge < -0.3 is 14.7 Å². The number of aliphatic hydroxyl groups is 1. The number of ether oxygens (including phenoxy) is 1. The highest BCUT2D eigenvalue weighted by Crippen LogP contribution is 2.29. The lowest BCUT2D eigenvalue weighted by Crippen LogP contribution is -2.47. The molecule has 1 aliphatic rings. The molecule has 0 aromatic carbocycles. The molecule has 4 heteroatoms. The van der Waals surface area contributed by atoms with Gasteiger partial charge in [-0.3, -0.25) is 4.79 Å². The van der Waals surface area contributed by atoms with Crippen molar-refractivity contribution in [2.45, 2.75) is 59.5 Å². The second-order valence-electron chi connectivity index (χ2n) is 6.92. The Hall–Kier alpha value is -0.610. The third kappa shape index (κ3) is 5.41. The Bertz CT molecular complexity index is 294. The lowest BCUT2D eigenvalue weighted by Gasteiger charge is -2.37. The van der Waals surface area contributed by atoms with Crippen LogP contribution in [0.5, 0.6) is 0 Å². The fourth-order valence-corrected chi connectivity index (χ4v) is 3.08. The highest BCUT2D eigenvalue weighted by molar-refractivity contribution is 5.82. The summed E-state index contributed by atoms with van der Waals surface area (Å²) in [6.45, 7) is 10.8. The first-order chi connectivity index (χ1) is 9.36. The summed E-state index contributed by atoms with van der Waals surface area (Å²) in [5.74, 6) is 0.813. The zero-order valence-electron chi connectivity index (χ0n) is 13.5. The molecule has 0 aromatic rings. The summed E-state index contributed by atoms with van der Waals surface area (Å²) >= 11 is 0. The molecule has 1 aliphatic heterocycles. The van der Waals surface area contributed by atoms with Crippen LogP contribution in [0.3, 0.4) is 0 Å².